The Morgan fingerprint density at radius 2 is 1.83 bits per heavy atom. The summed E-state index contributed by atoms with van der Waals surface area (Å²) < 4.78 is 54.1. The number of rotatable bonds is 8. The van der Waals surface area contributed by atoms with Gasteiger partial charge in [-0.15, -0.1) is 0 Å². The second kappa shape index (κ2) is 9.35. The van der Waals surface area contributed by atoms with Crippen molar-refractivity contribution in [2.24, 2.45) is 0 Å². The SMILES string of the molecule is CCC(=O)Nc1cc(C(C)NC(=O)c2ccc(OC(F)(F)C(F)F)cc2)ccn1. The average Bonchev–Trinajstić information content (AvgIpc) is 2.68. The van der Waals surface area contributed by atoms with Crippen molar-refractivity contribution < 1.29 is 31.9 Å². The fraction of sp³-hybridized carbons (Fsp3) is 0.316. The van der Waals surface area contributed by atoms with Crippen molar-refractivity contribution in [3.8, 4) is 5.75 Å². The van der Waals surface area contributed by atoms with Gasteiger partial charge in [0.1, 0.15) is 11.6 Å². The molecule has 29 heavy (non-hydrogen) atoms. The van der Waals surface area contributed by atoms with Crippen LogP contribution in [0.1, 0.15) is 42.2 Å². The number of halogens is 4. The van der Waals surface area contributed by atoms with Gasteiger partial charge in [-0.05, 0) is 48.9 Å². The standard InChI is InChI=1S/C19H19F4N3O3/c1-3-16(27)26-15-10-13(8-9-24-15)11(2)25-17(28)12-4-6-14(7-5-12)29-19(22,23)18(20)21/h4-11,18H,3H2,1-2H3,(H,25,28)(H,24,26,27). The number of aromatic nitrogens is 1. The Bertz CT molecular complexity index is 860. The summed E-state index contributed by atoms with van der Waals surface area (Å²) >= 11 is 0. The van der Waals surface area contributed by atoms with Crippen molar-refractivity contribution >= 4 is 17.6 Å². The quantitative estimate of drug-likeness (QED) is 0.637. The van der Waals surface area contributed by atoms with E-state index >= 15 is 0 Å². The van der Waals surface area contributed by atoms with Gasteiger partial charge in [-0.3, -0.25) is 9.59 Å². The number of nitrogens with one attached hydrogen (secondary N) is 2. The van der Waals surface area contributed by atoms with E-state index in [1.165, 1.54) is 18.3 Å². The molecular weight excluding hydrogens is 394 g/mol. The number of amides is 2. The minimum atomic E-state index is -4.62. The molecule has 0 fully saturated rings. The lowest BCUT2D eigenvalue weighted by Crippen LogP contribution is -2.33. The van der Waals surface area contributed by atoms with E-state index in [1.54, 1.807) is 26.0 Å². The number of hydrogen-bond donors (Lipinski definition) is 2. The van der Waals surface area contributed by atoms with Crippen LogP contribution in [0.5, 0.6) is 5.75 Å². The van der Waals surface area contributed by atoms with Gasteiger partial charge in [0.2, 0.25) is 5.91 Å². The molecule has 6 nitrogen and oxygen atoms in total. The number of carbonyl (C=O) groups is 2. The molecule has 1 heterocycles. The Labute approximate surface area is 164 Å². The monoisotopic (exact) mass is 413 g/mol. The predicted molar refractivity (Wildman–Crippen MR) is 97.1 cm³/mol. The number of alkyl halides is 4. The van der Waals surface area contributed by atoms with Crippen molar-refractivity contribution in [3.05, 3.63) is 53.7 Å². The van der Waals surface area contributed by atoms with Crippen LogP contribution < -0.4 is 15.4 Å². The third-order valence-electron chi connectivity index (χ3n) is 3.84. The molecule has 0 radical (unpaired) electrons. The summed E-state index contributed by atoms with van der Waals surface area (Å²) in [6.45, 7) is 3.41. The highest BCUT2D eigenvalue weighted by Gasteiger charge is 2.43. The van der Waals surface area contributed by atoms with Gasteiger partial charge >= 0.3 is 12.5 Å². The summed E-state index contributed by atoms with van der Waals surface area (Å²) in [5.74, 6) is -0.867. The topological polar surface area (TPSA) is 80.3 Å². The molecule has 2 amide bonds. The molecule has 0 aliphatic heterocycles. The molecule has 0 saturated heterocycles. The second-order valence-corrected chi connectivity index (χ2v) is 6.06. The third kappa shape index (κ3) is 6.16. The van der Waals surface area contributed by atoms with E-state index < -0.39 is 30.2 Å². The summed E-state index contributed by atoms with van der Waals surface area (Å²) in [7, 11) is 0. The van der Waals surface area contributed by atoms with Crippen LogP contribution in [0.15, 0.2) is 42.6 Å². The molecule has 156 valence electrons. The minimum absolute atomic E-state index is 0.123. The average molecular weight is 413 g/mol. The number of nitrogens with zero attached hydrogens (tertiary/aromatic N) is 1. The third-order valence-corrected chi connectivity index (χ3v) is 3.84. The Morgan fingerprint density at radius 1 is 1.17 bits per heavy atom. The van der Waals surface area contributed by atoms with E-state index in [2.05, 4.69) is 20.4 Å². The maximum atomic E-state index is 12.9. The van der Waals surface area contributed by atoms with Crippen LogP contribution in [0.2, 0.25) is 0 Å². The van der Waals surface area contributed by atoms with Crippen LogP contribution in [0.4, 0.5) is 23.4 Å². The van der Waals surface area contributed by atoms with Gasteiger partial charge in [0, 0.05) is 18.2 Å². The lowest BCUT2D eigenvalue weighted by Gasteiger charge is -2.17. The Kier molecular flexibility index (Phi) is 7.13. The Hall–Kier alpha value is -3.17. The molecule has 2 N–H and O–H groups in total. The Morgan fingerprint density at radius 3 is 2.41 bits per heavy atom. The summed E-state index contributed by atoms with van der Waals surface area (Å²) in [6, 6.07) is 7.18. The molecular formula is C19H19F4N3O3. The van der Waals surface area contributed by atoms with Gasteiger partial charge in [0.25, 0.3) is 5.91 Å². The zero-order valence-electron chi connectivity index (χ0n) is 15.6. The highest BCUT2D eigenvalue weighted by molar-refractivity contribution is 5.94. The highest BCUT2D eigenvalue weighted by Crippen LogP contribution is 2.27. The van der Waals surface area contributed by atoms with Gasteiger partial charge in [-0.2, -0.15) is 17.6 Å². The van der Waals surface area contributed by atoms with Gasteiger partial charge < -0.3 is 15.4 Å². The number of pyridine rings is 1. The van der Waals surface area contributed by atoms with Crippen molar-refractivity contribution in [1.82, 2.24) is 10.3 Å². The van der Waals surface area contributed by atoms with Crippen molar-refractivity contribution in [2.45, 2.75) is 38.8 Å². The molecule has 2 rings (SSSR count). The molecule has 0 aliphatic carbocycles. The smallest absolute Gasteiger partial charge is 0.428 e. The molecule has 1 unspecified atom stereocenters. The maximum Gasteiger partial charge on any atom is 0.461 e. The summed E-state index contributed by atoms with van der Waals surface area (Å²) in [5, 5.41) is 5.32. The molecule has 0 saturated carbocycles. The first-order chi connectivity index (χ1) is 13.6. The largest absolute Gasteiger partial charge is 0.461 e. The zero-order chi connectivity index (χ0) is 21.6. The van der Waals surface area contributed by atoms with E-state index in [-0.39, 0.29) is 11.5 Å². The molecule has 2 aromatic rings. The number of carbonyl (C=O) groups excluding carboxylic acids is 2. The predicted octanol–water partition coefficient (Wildman–Crippen LogP) is 4.16. The maximum absolute atomic E-state index is 12.9. The fourth-order valence-electron chi connectivity index (χ4n) is 2.26. The number of benzene rings is 1. The van der Waals surface area contributed by atoms with Crippen LogP contribution >= 0.6 is 0 Å². The number of anilines is 1. The lowest BCUT2D eigenvalue weighted by atomic mass is 10.1. The first-order valence-corrected chi connectivity index (χ1v) is 8.64. The fourth-order valence-corrected chi connectivity index (χ4v) is 2.26. The minimum Gasteiger partial charge on any atom is -0.428 e. The van der Waals surface area contributed by atoms with Crippen LogP contribution in [-0.2, 0) is 4.79 Å². The summed E-state index contributed by atoms with van der Waals surface area (Å²) in [5.41, 5.74) is 0.800. The molecule has 1 aromatic heterocycles. The first kappa shape index (κ1) is 22.1. The van der Waals surface area contributed by atoms with E-state index in [1.807, 2.05) is 0 Å². The van der Waals surface area contributed by atoms with Crippen molar-refractivity contribution in [3.63, 3.8) is 0 Å². The van der Waals surface area contributed by atoms with E-state index in [0.29, 0.717) is 17.8 Å². The number of ether oxygens (including phenoxy) is 1. The highest BCUT2D eigenvalue weighted by atomic mass is 19.3. The molecule has 1 atom stereocenters. The first-order valence-electron chi connectivity index (χ1n) is 8.64. The van der Waals surface area contributed by atoms with E-state index in [4.69, 9.17) is 0 Å². The van der Waals surface area contributed by atoms with Crippen molar-refractivity contribution in [1.29, 1.82) is 0 Å². The summed E-state index contributed by atoms with van der Waals surface area (Å²) in [6.07, 6.45) is -6.82. The van der Waals surface area contributed by atoms with Crippen LogP contribution in [0, 0.1) is 0 Å². The van der Waals surface area contributed by atoms with E-state index in [9.17, 15) is 27.2 Å². The number of hydrogen-bond acceptors (Lipinski definition) is 4. The Balaban J connectivity index is 2.03. The summed E-state index contributed by atoms with van der Waals surface area (Å²) in [4.78, 5) is 27.8. The van der Waals surface area contributed by atoms with Crippen LogP contribution in [-0.4, -0.2) is 29.3 Å². The zero-order valence-corrected chi connectivity index (χ0v) is 15.6. The van der Waals surface area contributed by atoms with Crippen LogP contribution in [0.25, 0.3) is 0 Å². The molecule has 0 spiro atoms. The molecule has 1 aromatic carbocycles. The second-order valence-electron chi connectivity index (χ2n) is 6.06. The van der Waals surface area contributed by atoms with E-state index in [0.717, 1.165) is 12.1 Å². The van der Waals surface area contributed by atoms with Crippen LogP contribution in [0.3, 0.4) is 0 Å². The molecule has 0 bridgehead atoms. The van der Waals surface area contributed by atoms with Gasteiger partial charge in [0.15, 0.2) is 0 Å². The van der Waals surface area contributed by atoms with Gasteiger partial charge in [-0.1, -0.05) is 6.92 Å². The van der Waals surface area contributed by atoms with Crippen molar-refractivity contribution in [2.75, 3.05) is 5.32 Å². The normalized spacial score (nSPS) is 12.4. The lowest BCUT2D eigenvalue weighted by molar-refractivity contribution is -0.253. The molecule has 0 aliphatic rings. The molecule has 10 heteroatoms. The van der Waals surface area contributed by atoms with Gasteiger partial charge in [-0.25, -0.2) is 4.98 Å². The van der Waals surface area contributed by atoms with Gasteiger partial charge in [0.05, 0.1) is 6.04 Å².